The van der Waals surface area contributed by atoms with Crippen molar-refractivity contribution in [2.45, 2.75) is 62.6 Å². The van der Waals surface area contributed by atoms with Gasteiger partial charge in [0.2, 0.25) is 16.0 Å². The van der Waals surface area contributed by atoms with E-state index in [-0.39, 0.29) is 22.0 Å². The fourth-order valence-electron chi connectivity index (χ4n) is 4.61. The van der Waals surface area contributed by atoms with Crippen molar-refractivity contribution in [2.75, 3.05) is 5.32 Å². The SMILES string of the molecule is CC1(C)CC(Nc2nccc(-c3ccc(-c4ccc(S(N)(=O)=O)cc4)s3)n2)CC(C)(C)N1. The molecule has 0 unspecified atom stereocenters. The summed E-state index contributed by atoms with van der Waals surface area (Å²) in [6.07, 6.45) is 3.76. The van der Waals surface area contributed by atoms with Crippen LogP contribution in [0.25, 0.3) is 21.0 Å². The molecule has 0 aliphatic carbocycles. The minimum atomic E-state index is -3.70. The van der Waals surface area contributed by atoms with Crippen molar-refractivity contribution in [1.82, 2.24) is 15.3 Å². The van der Waals surface area contributed by atoms with Gasteiger partial charge in [-0.1, -0.05) is 12.1 Å². The number of sulfonamides is 1. The van der Waals surface area contributed by atoms with Crippen molar-refractivity contribution in [3.8, 4) is 21.0 Å². The van der Waals surface area contributed by atoms with E-state index in [0.717, 1.165) is 33.9 Å². The number of rotatable bonds is 5. The molecule has 0 bridgehead atoms. The predicted molar refractivity (Wildman–Crippen MR) is 130 cm³/mol. The maximum atomic E-state index is 11.5. The summed E-state index contributed by atoms with van der Waals surface area (Å²) >= 11 is 1.60. The van der Waals surface area contributed by atoms with E-state index >= 15 is 0 Å². The van der Waals surface area contributed by atoms with Crippen LogP contribution in [0, 0.1) is 0 Å². The first-order valence-corrected chi connectivity index (χ1v) is 12.9. The number of nitrogens with zero attached hydrogens (tertiary/aromatic N) is 2. The molecular formula is C23H29N5O2S2. The average Bonchev–Trinajstić information content (AvgIpc) is 3.15. The van der Waals surface area contributed by atoms with Crippen LogP contribution in [0.4, 0.5) is 5.95 Å². The average molecular weight is 472 g/mol. The van der Waals surface area contributed by atoms with Gasteiger partial charge in [-0.3, -0.25) is 0 Å². The summed E-state index contributed by atoms with van der Waals surface area (Å²) in [6.45, 7) is 8.90. The summed E-state index contributed by atoms with van der Waals surface area (Å²) in [6, 6.07) is 12.8. The van der Waals surface area contributed by atoms with Crippen LogP contribution in [-0.4, -0.2) is 35.5 Å². The number of hydrogen-bond donors (Lipinski definition) is 3. The molecule has 32 heavy (non-hydrogen) atoms. The number of aromatic nitrogens is 2. The maximum Gasteiger partial charge on any atom is 0.238 e. The summed E-state index contributed by atoms with van der Waals surface area (Å²) in [5.41, 5.74) is 1.87. The molecule has 0 amide bonds. The Morgan fingerprint density at radius 3 is 2.25 bits per heavy atom. The molecule has 3 heterocycles. The Bertz CT molecular complexity index is 1200. The summed E-state index contributed by atoms with van der Waals surface area (Å²) in [5, 5.41) is 12.4. The van der Waals surface area contributed by atoms with Crippen molar-refractivity contribution < 1.29 is 8.42 Å². The monoisotopic (exact) mass is 471 g/mol. The van der Waals surface area contributed by atoms with Crippen LogP contribution in [0.1, 0.15) is 40.5 Å². The third-order valence-corrected chi connectivity index (χ3v) is 7.59. The molecule has 4 N–H and O–H groups in total. The van der Waals surface area contributed by atoms with Gasteiger partial charge < -0.3 is 10.6 Å². The van der Waals surface area contributed by atoms with Crippen molar-refractivity contribution in [2.24, 2.45) is 5.14 Å². The molecule has 0 saturated carbocycles. The maximum absolute atomic E-state index is 11.5. The van der Waals surface area contributed by atoms with Gasteiger partial charge in [-0.2, -0.15) is 0 Å². The fraction of sp³-hybridized carbons (Fsp3) is 0.391. The van der Waals surface area contributed by atoms with Crippen LogP contribution < -0.4 is 15.8 Å². The zero-order valence-corrected chi connectivity index (χ0v) is 20.3. The van der Waals surface area contributed by atoms with E-state index in [1.54, 1.807) is 29.7 Å². The molecule has 2 aromatic heterocycles. The fourth-order valence-corrected chi connectivity index (χ4v) is 6.11. The van der Waals surface area contributed by atoms with Gasteiger partial charge in [0.25, 0.3) is 0 Å². The lowest BCUT2D eigenvalue weighted by Gasteiger charge is -2.46. The Kier molecular flexibility index (Phi) is 5.87. The first kappa shape index (κ1) is 22.8. The molecule has 1 fully saturated rings. The van der Waals surface area contributed by atoms with Crippen molar-refractivity contribution >= 4 is 27.3 Å². The second-order valence-electron chi connectivity index (χ2n) is 9.64. The van der Waals surface area contributed by atoms with E-state index in [4.69, 9.17) is 10.1 Å². The quantitative estimate of drug-likeness (QED) is 0.513. The number of benzene rings is 1. The van der Waals surface area contributed by atoms with Crippen molar-refractivity contribution in [1.29, 1.82) is 0 Å². The number of piperidine rings is 1. The molecule has 7 nitrogen and oxygen atoms in total. The van der Waals surface area contributed by atoms with Crippen LogP contribution in [-0.2, 0) is 10.0 Å². The van der Waals surface area contributed by atoms with E-state index in [1.807, 2.05) is 18.2 Å². The second kappa shape index (κ2) is 8.22. The standard InChI is InChI=1S/C23H29N5O2S2/c1-22(2)13-16(14-23(3,4)28-22)26-21-25-12-11-18(27-21)20-10-9-19(31-20)15-5-7-17(8-6-15)32(24,29)30/h5-12,16,28H,13-14H2,1-4H3,(H2,24,29,30)(H,25,26,27). The van der Waals surface area contributed by atoms with Crippen LogP contribution in [0.2, 0.25) is 0 Å². The van der Waals surface area contributed by atoms with Crippen LogP contribution in [0.3, 0.4) is 0 Å². The van der Waals surface area contributed by atoms with Crippen molar-refractivity contribution in [3.63, 3.8) is 0 Å². The zero-order chi connectivity index (χ0) is 23.1. The minimum absolute atomic E-state index is 0.0401. The predicted octanol–water partition coefficient (Wildman–Crippen LogP) is 4.24. The number of thiophene rings is 1. The van der Waals surface area contributed by atoms with Gasteiger partial charge in [0, 0.05) is 28.2 Å². The number of anilines is 1. The molecule has 1 aromatic carbocycles. The van der Waals surface area contributed by atoms with Gasteiger partial charge in [-0.15, -0.1) is 11.3 Å². The number of nitrogens with one attached hydrogen (secondary N) is 2. The molecule has 1 aliphatic rings. The van der Waals surface area contributed by atoms with Crippen LogP contribution >= 0.6 is 11.3 Å². The molecule has 0 atom stereocenters. The van der Waals surface area contributed by atoms with E-state index < -0.39 is 10.0 Å². The molecule has 9 heteroatoms. The summed E-state index contributed by atoms with van der Waals surface area (Å²) in [4.78, 5) is 11.4. The molecule has 170 valence electrons. The highest BCUT2D eigenvalue weighted by molar-refractivity contribution is 7.89. The summed E-state index contributed by atoms with van der Waals surface area (Å²) in [5.74, 6) is 0.633. The molecule has 0 radical (unpaired) electrons. The van der Waals surface area contributed by atoms with E-state index in [9.17, 15) is 8.42 Å². The van der Waals surface area contributed by atoms with Gasteiger partial charge in [-0.05, 0) is 76.4 Å². The third-order valence-electron chi connectivity index (χ3n) is 5.50. The number of primary sulfonamides is 1. The van der Waals surface area contributed by atoms with Crippen LogP contribution in [0.5, 0.6) is 0 Å². The first-order valence-electron chi connectivity index (χ1n) is 10.5. The van der Waals surface area contributed by atoms with Gasteiger partial charge >= 0.3 is 0 Å². The topological polar surface area (TPSA) is 110 Å². The third kappa shape index (κ3) is 5.35. The normalized spacial score (nSPS) is 18.4. The highest BCUT2D eigenvalue weighted by Crippen LogP contribution is 2.35. The van der Waals surface area contributed by atoms with Gasteiger partial charge in [0.1, 0.15) is 0 Å². The zero-order valence-electron chi connectivity index (χ0n) is 18.7. The lowest BCUT2D eigenvalue weighted by molar-refractivity contribution is 0.170. The molecule has 4 rings (SSSR count). The molecule has 1 saturated heterocycles. The number of hydrogen-bond acceptors (Lipinski definition) is 7. The van der Waals surface area contributed by atoms with E-state index in [1.165, 1.54) is 12.1 Å². The van der Waals surface area contributed by atoms with Crippen molar-refractivity contribution in [3.05, 3.63) is 48.7 Å². The highest BCUT2D eigenvalue weighted by Gasteiger charge is 2.37. The van der Waals surface area contributed by atoms with Crippen LogP contribution in [0.15, 0.2) is 53.6 Å². The summed E-state index contributed by atoms with van der Waals surface area (Å²) in [7, 11) is -3.70. The van der Waals surface area contributed by atoms with Gasteiger partial charge in [0.05, 0.1) is 15.5 Å². The first-order chi connectivity index (χ1) is 14.9. The summed E-state index contributed by atoms with van der Waals surface area (Å²) < 4.78 is 22.9. The Balaban J connectivity index is 1.53. The van der Waals surface area contributed by atoms with E-state index in [2.05, 4.69) is 43.3 Å². The van der Waals surface area contributed by atoms with Gasteiger partial charge in [0.15, 0.2) is 0 Å². The smallest absolute Gasteiger partial charge is 0.238 e. The lowest BCUT2D eigenvalue weighted by Crippen LogP contribution is -2.60. The minimum Gasteiger partial charge on any atom is -0.351 e. The largest absolute Gasteiger partial charge is 0.351 e. The van der Waals surface area contributed by atoms with E-state index in [0.29, 0.717) is 5.95 Å². The van der Waals surface area contributed by atoms with Gasteiger partial charge in [-0.25, -0.2) is 23.5 Å². The Labute approximate surface area is 193 Å². The second-order valence-corrected chi connectivity index (χ2v) is 12.3. The Morgan fingerprint density at radius 1 is 1.00 bits per heavy atom. The molecule has 3 aromatic rings. The highest BCUT2D eigenvalue weighted by atomic mass is 32.2. The Morgan fingerprint density at radius 2 is 1.62 bits per heavy atom. The Hall–Kier alpha value is -2.33. The molecule has 1 aliphatic heterocycles. The number of nitrogens with two attached hydrogens (primary N) is 1. The molecular weight excluding hydrogens is 442 g/mol. The lowest BCUT2D eigenvalue weighted by atomic mass is 9.80. The molecule has 0 spiro atoms.